The number of hydrogen-bond acceptors (Lipinski definition) is 7. The van der Waals surface area contributed by atoms with Gasteiger partial charge in [-0.15, -0.1) is 16.8 Å². The van der Waals surface area contributed by atoms with E-state index in [0.29, 0.717) is 17.4 Å². The van der Waals surface area contributed by atoms with Crippen LogP contribution in [0.15, 0.2) is 41.1 Å². The maximum Gasteiger partial charge on any atom is 0.243 e. The summed E-state index contributed by atoms with van der Waals surface area (Å²) in [5, 5.41) is 11.0. The topological polar surface area (TPSA) is 95.8 Å². The second-order valence-electron chi connectivity index (χ2n) is 7.91. The number of rotatable bonds is 7. The number of nitrogens with zero attached hydrogens (tertiary/aromatic N) is 1. The van der Waals surface area contributed by atoms with Crippen LogP contribution in [0.4, 0.5) is 0 Å². The van der Waals surface area contributed by atoms with E-state index in [-0.39, 0.29) is 7.33 Å². The Morgan fingerprint density at radius 2 is 2.06 bits per heavy atom. The molecule has 0 bridgehead atoms. The van der Waals surface area contributed by atoms with Gasteiger partial charge in [0.2, 0.25) is 11.8 Å². The van der Waals surface area contributed by atoms with Crippen molar-refractivity contribution in [2.24, 2.45) is 10.9 Å². The number of nitrogens with one attached hydrogen (secondary N) is 3. The number of hydroxylamine groups is 1. The lowest BCUT2D eigenvalue weighted by Gasteiger charge is -2.18. The number of carbonyl (C=O) groups excluding carboxylic acids is 1. The normalized spacial score (nSPS) is 20.2. The SMILES string of the molecule is CC.CNC(=O)/C=C/C(=C\C=N)Oc1ccc2c(C)c(C3(C)N=C(C4CC4)ON3)sc2c1C.[HH]. The van der Waals surface area contributed by atoms with Gasteiger partial charge in [-0.3, -0.25) is 4.79 Å². The van der Waals surface area contributed by atoms with Crippen LogP contribution in [0.3, 0.4) is 0 Å². The molecule has 0 spiro atoms. The molecule has 1 aliphatic carbocycles. The van der Waals surface area contributed by atoms with Crippen molar-refractivity contribution >= 4 is 39.4 Å². The van der Waals surface area contributed by atoms with Gasteiger partial charge in [0.05, 0.1) is 4.88 Å². The van der Waals surface area contributed by atoms with Gasteiger partial charge in [0, 0.05) is 36.9 Å². The quantitative estimate of drug-likeness (QED) is 0.215. The number of ether oxygens (including phenoxy) is 1. The lowest BCUT2D eigenvalue weighted by Crippen LogP contribution is -2.32. The first kappa shape index (κ1) is 24.7. The molecule has 178 valence electrons. The Morgan fingerprint density at radius 3 is 2.70 bits per heavy atom. The lowest BCUT2D eigenvalue weighted by atomic mass is 10.0. The van der Waals surface area contributed by atoms with E-state index >= 15 is 0 Å². The van der Waals surface area contributed by atoms with Crippen LogP contribution in [0.1, 0.15) is 51.0 Å². The number of amides is 1. The minimum absolute atomic E-state index is 0. The molecule has 4 rings (SSSR count). The molecule has 7 nitrogen and oxygen atoms in total. The summed E-state index contributed by atoms with van der Waals surface area (Å²) in [4.78, 5) is 23.2. The molecule has 1 saturated carbocycles. The van der Waals surface area contributed by atoms with E-state index in [4.69, 9.17) is 20.0 Å². The van der Waals surface area contributed by atoms with Crippen molar-refractivity contribution in [2.45, 2.75) is 53.1 Å². The van der Waals surface area contributed by atoms with Gasteiger partial charge in [0.15, 0.2) is 5.66 Å². The average molecular weight is 471 g/mol. The summed E-state index contributed by atoms with van der Waals surface area (Å²) in [6, 6.07) is 3.97. The number of carbonyl (C=O) groups is 1. The monoisotopic (exact) mass is 470 g/mol. The Bertz CT molecular complexity index is 1150. The molecule has 0 saturated heterocycles. The molecule has 1 unspecified atom stereocenters. The molecule has 8 heteroatoms. The fourth-order valence-electron chi connectivity index (χ4n) is 3.57. The van der Waals surface area contributed by atoms with Crippen LogP contribution in [-0.2, 0) is 15.3 Å². The predicted octanol–water partition coefficient (Wildman–Crippen LogP) is 5.52. The maximum absolute atomic E-state index is 11.5. The van der Waals surface area contributed by atoms with Gasteiger partial charge in [-0.05, 0) is 68.8 Å². The lowest BCUT2D eigenvalue weighted by molar-refractivity contribution is -0.116. The van der Waals surface area contributed by atoms with Gasteiger partial charge in [0.1, 0.15) is 11.5 Å². The third-order valence-electron chi connectivity index (χ3n) is 5.48. The molecule has 1 aromatic carbocycles. The minimum Gasteiger partial charge on any atom is -0.457 e. The fourth-order valence-corrected chi connectivity index (χ4v) is 4.91. The molecular weight excluding hydrogens is 436 g/mol. The minimum atomic E-state index is -0.597. The van der Waals surface area contributed by atoms with Gasteiger partial charge in [0.25, 0.3) is 0 Å². The zero-order chi connectivity index (χ0) is 24.2. The summed E-state index contributed by atoms with van der Waals surface area (Å²) < 4.78 is 7.15. The number of hydrogen-bond donors (Lipinski definition) is 3. The average Bonchev–Trinajstić information content (AvgIpc) is 3.51. The first-order valence-corrected chi connectivity index (χ1v) is 12.0. The highest BCUT2D eigenvalue weighted by Gasteiger charge is 2.42. The standard InChI is InChI=1S/C23H26N4O3S.C2H6.H2/c1-13-17-8-9-18(29-16(11-12-24)7-10-19(28)25-4)14(2)20(17)31-21(13)23(3)26-22(30-27-23)15-5-6-15;1-2;/h7-12,15,24,27H,5-6H2,1-4H3,(H,25,28);1-2H3;1H/b10-7+,16-11+,24-12?;;. The second-order valence-corrected chi connectivity index (χ2v) is 8.93. The van der Waals surface area contributed by atoms with Crippen LogP contribution >= 0.6 is 11.3 Å². The first-order valence-electron chi connectivity index (χ1n) is 11.2. The van der Waals surface area contributed by atoms with Gasteiger partial charge < -0.3 is 20.3 Å². The van der Waals surface area contributed by atoms with E-state index < -0.39 is 5.66 Å². The van der Waals surface area contributed by atoms with Crippen LogP contribution in [0.25, 0.3) is 10.1 Å². The largest absolute Gasteiger partial charge is 0.457 e. The number of thiophene rings is 1. The maximum atomic E-state index is 11.5. The van der Waals surface area contributed by atoms with Crippen LogP contribution in [0, 0.1) is 25.2 Å². The van der Waals surface area contributed by atoms with E-state index in [9.17, 15) is 4.79 Å². The summed E-state index contributed by atoms with van der Waals surface area (Å²) in [7, 11) is 1.56. The number of fused-ring (bicyclic) bond motifs is 1. The molecule has 2 aromatic rings. The van der Waals surface area contributed by atoms with Crippen molar-refractivity contribution in [3.05, 3.63) is 52.1 Å². The Morgan fingerprint density at radius 1 is 1.33 bits per heavy atom. The Balaban J connectivity index is 0.00000133. The molecule has 1 fully saturated rings. The van der Waals surface area contributed by atoms with E-state index in [0.717, 1.165) is 45.5 Å². The second kappa shape index (κ2) is 10.3. The Labute approximate surface area is 200 Å². The van der Waals surface area contributed by atoms with Crippen molar-refractivity contribution < 1.29 is 15.8 Å². The molecule has 3 N–H and O–H groups in total. The van der Waals surface area contributed by atoms with Crippen LogP contribution in [0.2, 0.25) is 0 Å². The fraction of sp³-hybridized carbons (Fsp3) is 0.400. The molecule has 1 aromatic heterocycles. The summed E-state index contributed by atoms with van der Waals surface area (Å²) in [6.45, 7) is 10.2. The number of likely N-dealkylation sites (N-methyl/N-ethyl adjacent to an activating group) is 1. The number of benzene rings is 1. The Hall–Kier alpha value is -2.97. The molecular formula is C25H34N4O3S. The van der Waals surface area contributed by atoms with Crippen LogP contribution in [-0.4, -0.2) is 25.1 Å². The summed E-state index contributed by atoms with van der Waals surface area (Å²) in [5.74, 6) is 2.11. The summed E-state index contributed by atoms with van der Waals surface area (Å²) >= 11 is 1.68. The highest BCUT2D eigenvalue weighted by molar-refractivity contribution is 7.19. The summed E-state index contributed by atoms with van der Waals surface area (Å²) in [5.41, 5.74) is 4.70. The third kappa shape index (κ3) is 5.17. The van der Waals surface area contributed by atoms with Gasteiger partial charge in [-0.25, -0.2) is 4.99 Å². The molecule has 1 amide bonds. The molecule has 1 aliphatic heterocycles. The third-order valence-corrected chi connectivity index (χ3v) is 7.12. The molecule has 2 aliphatic rings. The van der Waals surface area contributed by atoms with Crippen LogP contribution in [0.5, 0.6) is 5.75 Å². The zero-order valence-corrected chi connectivity index (χ0v) is 20.9. The van der Waals surface area contributed by atoms with Crippen molar-refractivity contribution in [3.63, 3.8) is 0 Å². The number of aryl methyl sites for hydroxylation is 2. The molecule has 1 atom stereocenters. The van der Waals surface area contributed by atoms with Crippen LogP contribution < -0.4 is 15.5 Å². The number of aliphatic imine (C=N–C) groups is 1. The van der Waals surface area contributed by atoms with Crippen molar-refractivity contribution in [1.29, 1.82) is 5.41 Å². The summed E-state index contributed by atoms with van der Waals surface area (Å²) in [6.07, 6.45) is 7.84. The van der Waals surface area contributed by atoms with E-state index in [2.05, 4.69) is 17.7 Å². The van der Waals surface area contributed by atoms with Crippen molar-refractivity contribution in [1.82, 2.24) is 10.8 Å². The molecule has 0 radical (unpaired) electrons. The van der Waals surface area contributed by atoms with Gasteiger partial charge >= 0.3 is 0 Å². The highest BCUT2D eigenvalue weighted by Crippen LogP contribution is 2.44. The van der Waals surface area contributed by atoms with Gasteiger partial charge in [-0.1, -0.05) is 13.8 Å². The Kier molecular flexibility index (Phi) is 7.71. The number of allylic oxidation sites excluding steroid dienone is 2. The van der Waals surface area contributed by atoms with E-state index in [1.807, 2.05) is 39.8 Å². The smallest absolute Gasteiger partial charge is 0.243 e. The van der Waals surface area contributed by atoms with E-state index in [1.165, 1.54) is 17.7 Å². The highest BCUT2D eigenvalue weighted by atomic mass is 32.1. The first-order chi connectivity index (χ1) is 15.9. The van der Waals surface area contributed by atoms with Crippen molar-refractivity contribution in [2.75, 3.05) is 7.05 Å². The zero-order valence-electron chi connectivity index (χ0n) is 20.0. The molecule has 33 heavy (non-hydrogen) atoms. The van der Waals surface area contributed by atoms with E-state index in [1.54, 1.807) is 24.5 Å². The van der Waals surface area contributed by atoms with Crippen molar-refractivity contribution in [3.8, 4) is 5.75 Å². The molecule has 2 heterocycles. The van der Waals surface area contributed by atoms with Gasteiger partial charge in [-0.2, -0.15) is 0 Å². The predicted molar refractivity (Wildman–Crippen MR) is 137 cm³/mol.